The van der Waals surface area contributed by atoms with Gasteiger partial charge in [0, 0.05) is 13.2 Å². The van der Waals surface area contributed by atoms with Crippen LogP contribution in [-0.4, -0.2) is 43.5 Å². The second kappa shape index (κ2) is 6.11. The molecule has 2 rings (SSSR count). The number of methoxy groups -OCH3 is 1. The van der Waals surface area contributed by atoms with Crippen molar-refractivity contribution in [1.82, 2.24) is 5.32 Å². The lowest BCUT2D eigenvalue weighted by Crippen LogP contribution is -2.54. The number of benzene rings is 1. The van der Waals surface area contributed by atoms with E-state index >= 15 is 0 Å². The third kappa shape index (κ3) is 2.86. The van der Waals surface area contributed by atoms with Gasteiger partial charge in [-0.2, -0.15) is 0 Å². The highest BCUT2D eigenvalue weighted by molar-refractivity contribution is 6.00. The number of aliphatic hydroxyl groups excluding tert-OH is 1. The Hall–Kier alpha value is -1.79. The Labute approximate surface area is 117 Å². The number of nitrogens with one attached hydrogen (secondary N) is 1. The molecule has 0 spiro atoms. The average molecular weight is 280 g/mol. The summed E-state index contributed by atoms with van der Waals surface area (Å²) in [6.07, 6.45) is 1.16. The maximum Gasteiger partial charge on any atom is 0.254 e. The van der Waals surface area contributed by atoms with E-state index in [9.17, 15) is 9.90 Å². The van der Waals surface area contributed by atoms with Gasteiger partial charge in [0.2, 0.25) is 0 Å². The van der Waals surface area contributed by atoms with Crippen LogP contribution in [0.1, 0.15) is 23.2 Å². The van der Waals surface area contributed by atoms with Crippen LogP contribution in [0.4, 0.5) is 5.69 Å². The van der Waals surface area contributed by atoms with Gasteiger partial charge in [-0.15, -0.1) is 0 Å². The van der Waals surface area contributed by atoms with Crippen LogP contribution < -0.4 is 15.8 Å². The molecule has 1 aliphatic heterocycles. The maximum absolute atomic E-state index is 12.4. The molecule has 110 valence electrons. The zero-order valence-corrected chi connectivity index (χ0v) is 11.5. The number of carbonyl (C=O) groups is 1. The zero-order valence-electron chi connectivity index (χ0n) is 11.5. The highest BCUT2D eigenvalue weighted by Gasteiger charge is 2.34. The van der Waals surface area contributed by atoms with E-state index in [1.807, 2.05) is 0 Å². The number of amides is 1. The molecule has 0 aromatic heterocycles. The second-order valence-electron chi connectivity index (χ2n) is 4.93. The van der Waals surface area contributed by atoms with E-state index in [1.165, 1.54) is 7.11 Å². The Bertz CT molecular complexity index is 484. The molecule has 0 radical (unpaired) electrons. The number of nitrogen functional groups attached to an aromatic ring is 1. The first-order valence-electron chi connectivity index (χ1n) is 6.55. The molecule has 0 aliphatic carbocycles. The zero-order chi connectivity index (χ0) is 14.6. The molecule has 0 atom stereocenters. The topological polar surface area (TPSA) is 93.8 Å². The molecule has 1 aromatic carbocycles. The third-order valence-electron chi connectivity index (χ3n) is 3.66. The molecule has 4 N–H and O–H groups in total. The van der Waals surface area contributed by atoms with Crippen LogP contribution >= 0.6 is 0 Å². The Kier molecular flexibility index (Phi) is 4.46. The molecule has 0 saturated carbocycles. The van der Waals surface area contributed by atoms with Crippen LogP contribution in [0.3, 0.4) is 0 Å². The number of rotatable bonds is 4. The van der Waals surface area contributed by atoms with Crippen molar-refractivity contribution >= 4 is 11.6 Å². The van der Waals surface area contributed by atoms with Gasteiger partial charge >= 0.3 is 0 Å². The Morgan fingerprint density at radius 1 is 1.50 bits per heavy atom. The third-order valence-corrected chi connectivity index (χ3v) is 3.66. The van der Waals surface area contributed by atoms with E-state index in [4.69, 9.17) is 15.2 Å². The standard InChI is InChI=1S/C14H20N2O4/c1-19-11-4-2-3-10(12(11)15)13(18)16-14(9-17)5-7-20-8-6-14/h2-4,17H,5-9,15H2,1H3,(H,16,18). The van der Waals surface area contributed by atoms with E-state index in [-0.39, 0.29) is 12.5 Å². The van der Waals surface area contributed by atoms with Gasteiger partial charge in [-0.1, -0.05) is 6.07 Å². The van der Waals surface area contributed by atoms with Crippen molar-refractivity contribution in [2.75, 3.05) is 32.7 Å². The predicted octanol–water partition coefficient (Wildman–Crippen LogP) is 0.549. The smallest absolute Gasteiger partial charge is 0.254 e. The van der Waals surface area contributed by atoms with Crippen molar-refractivity contribution in [3.63, 3.8) is 0 Å². The van der Waals surface area contributed by atoms with Crippen LogP contribution in [0.5, 0.6) is 5.75 Å². The minimum absolute atomic E-state index is 0.119. The van der Waals surface area contributed by atoms with Crippen LogP contribution in [0, 0.1) is 0 Å². The average Bonchev–Trinajstić information content (AvgIpc) is 2.48. The summed E-state index contributed by atoms with van der Waals surface area (Å²) in [4.78, 5) is 12.4. The lowest BCUT2D eigenvalue weighted by molar-refractivity contribution is 0.0125. The normalized spacial score (nSPS) is 17.5. The predicted molar refractivity (Wildman–Crippen MR) is 74.7 cm³/mol. The summed E-state index contributed by atoms with van der Waals surface area (Å²) in [5, 5.41) is 12.5. The largest absolute Gasteiger partial charge is 0.495 e. The molecule has 1 aliphatic rings. The molecule has 1 fully saturated rings. The maximum atomic E-state index is 12.4. The summed E-state index contributed by atoms with van der Waals surface area (Å²) in [6, 6.07) is 5.04. The lowest BCUT2D eigenvalue weighted by atomic mass is 9.90. The summed E-state index contributed by atoms with van der Waals surface area (Å²) in [6.45, 7) is 0.925. The van der Waals surface area contributed by atoms with Gasteiger partial charge in [-0.05, 0) is 25.0 Å². The number of carbonyl (C=O) groups excluding carboxylic acids is 1. The lowest BCUT2D eigenvalue weighted by Gasteiger charge is -2.36. The number of nitrogens with two attached hydrogens (primary N) is 1. The van der Waals surface area contributed by atoms with Crippen molar-refractivity contribution in [2.45, 2.75) is 18.4 Å². The van der Waals surface area contributed by atoms with Gasteiger partial charge in [0.1, 0.15) is 5.75 Å². The molecular weight excluding hydrogens is 260 g/mol. The number of hydrogen-bond acceptors (Lipinski definition) is 5. The molecular formula is C14H20N2O4. The summed E-state index contributed by atoms with van der Waals surface area (Å²) < 4.78 is 10.4. The first kappa shape index (κ1) is 14.6. The van der Waals surface area contributed by atoms with Crippen molar-refractivity contribution < 1.29 is 19.4 Å². The molecule has 1 amide bonds. The summed E-state index contributed by atoms with van der Waals surface area (Å²) in [5.41, 5.74) is 5.93. The minimum Gasteiger partial charge on any atom is -0.495 e. The number of hydrogen-bond donors (Lipinski definition) is 3. The van der Waals surface area contributed by atoms with Gasteiger partial charge in [0.05, 0.1) is 30.5 Å². The second-order valence-corrected chi connectivity index (χ2v) is 4.93. The Morgan fingerprint density at radius 2 is 2.20 bits per heavy atom. The van der Waals surface area contributed by atoms with Crippen molar-refractivity contribution in [3.8, 4) is 5.75 Å². The molecule has 0 bridgehead atoms. The minimum atomic E-state index is -0.634. The fourth-order valence-electron chi connectivity index (χ4n) is 2.31. The fraction of sp³-hybridized carbons (Fsp3) is 0.500. The van der Waals surface area contributed by atoms with Gasteiger partial charge in [-0.3, -0.25) is 4.79 Å². The summed E-state index contributed by atoms with van der Waals surface area (Å²) >= 11 is 0. The number of aliphatic hydroxyl groups is 1. The fourth-order valence-corrected chi connectivity index (χ4v) is 2.31. The molecule has 20 heavy (non-hydrogen) atoms. The van der Waals surface area contributed by atoms with Crippen molar-refractivity contribution in [1.29, 1.82) is 0 Å². The van der Waals surface area contributed by atoms with Crippen LogP contribution in [0.15, 0.2) is 18.2 Å². The molecule has 6 heteroatoms. The molecule has 1 aromatic rings. The monoisotopic (exact) mass is 280 g/mol. The molecule has 1 heterocycles. The summed E-state index contributed by atoms with van der Waals surface area (Å²) in [7, 11) is 1.50. The van der Waals surface area contributed by atoms with E-state index in [2.05, 4.69) is 5.32 Å². The van der Waals surface area contributed by atoms with Crippen molar-refractivity contribution in [2.24, 2.45) is 0 Å². The quantitative estimate of drug-likeness (QED) is 0.700. The summed E-state index contributed by atoms with van der Waals surface area (Å²) in [5.74, 6) is 0.153. The van der Waals surface area contributed by atoms with Gasteiger partial charge in [0.15, 0.2) is 0 Å². The van der Waals surface area contributed by atoms with Crippen molar-refractivity contribution in [3.05, 3.63) is 23.8 Å². The van der Waals surface area contributed by atoms with Gasteiger partial charge in [0.25, 0.3) is 5.91 Å². The van der Waals surface area contributed by atoms with Crippen LogP contribution in [-0.2, 0) is 4.74 Å². The van der Waals surface area contributed by atoms with Gasteiger partial charge in [-0.25, -0.2) is 0 Å². The highest BCUT2D eigenvalue weighted by atomic mass is 16.5. The van der Waals surface area contributed by atoms with Crippen LogP contribution in [0.25, 0.3) is 0 Å². The molecule has 1 saturated heterocycles. The Morgan fingerprint density at radius 3 is 2.80 bits per heavy atom. The molecule has 0 unspecified atom stereocenters. The molecule has 6 nitrogen and oxygen atoms in total. The van der Waals surface area contributed by atoms with Crippen LogP contribution in [0.2, 0.25) is 0 Å². The highest BCUT2D eigenvalue weighted by Crippen LogP contribution is 2.26. The number of para-hydroxylation sites is 1. The van der Waals surface area contributed by atoms with E-state index in [0.717, 1.165) is 0 Å². The van der Waals surface area contributed by atoms with E-state index in [0.29, 0.717) is 43.1 Å². The first-order chi connectivity index (χ1) is 9.62. The first-order valence-corrected chi connectivity index (χ1v) is 6.55. The van der Waals surface area contributed by atoms with E-state index in [1.54, 1.807) is 18.2 Å². The van der Waals surface area contributed by atoms with Gasteiger partial charge < -0.3 is 25.6 Å². The number of ether oxygens (including phenoxy) is 2. The van der Waals surface area contributed by atoms with E-state index < -0.39 is 5.54 Å². The SMILES string of the molecule is COc1cccc(C(=O)NC2(CO)CCOCC2)c1N. The number of anilines is 1. The Balaban J connectivity index is 2.19.